The Morgan fingerprint density at radius 1 is 0.960 bits per heavy atom. The summed E-state index contributed by atoms with van der Waals surface area (Å²) in [7, 11) is 0. The number of hydrogen-bond donors (Lipinski definition) is 0. The number of rotatable bonds is 3. The van der Waals surface area contributed by atoms with Crippen LogP contribution in [0.5, 0.6) is 0 Å². The second kappa shape index (κ2) is 6.41. The molecule has 0 amide bonds. The van der Waals surface area contributed by atoms with E-state index in [-0.39, 0.29) is 11.4 Å². The van der Waals surface area contributed by atoms with E-state index >= 15 is 0 Å². The predicted molar refractivity (Wildman–Crippen MR) is 97.7 cm³/mol. The van der Waals surface area contributed by atoms with Gasteiger partial charge in [-0.3, -0.25) is 4.79 Å². The predicted octanol–water partition coefficient (Wildman–Crippen LogP) is 3.01. The molecular weight excluding hydrogens is 337 g/mol. The molecule has 0 atom stereocenters. The van der Waals surface area contributed by atoms with Gasteiger partial charge in [0.25, 0.3) is 5.56 Å². The van der Waals surface area contributed by atoms with E-state index in [9.17, 15) is 9.18 Å². The van der Waals surface area contributed by atoms with Crippen LogP contribution in [0.2, 0.25) is 0 Å². The molecule has 122 valence electrons. The second-order valence-corrected chi connectivity index (χ2v) is 6.38. The molecule has 0 N–H and O–H groups in total. The van der Waals surface area contributed by atoms with E-state index in [4.69, 9.17) is 0 Å². The van der Waals surface area contributed by atoms with Crippen molar-refractivity contribution in [3.8, 4) is 0 Å². The highest BCUT2D eigenvalue weighted by atomic mass is 32.1. The maximum Gasteiger partial charge on any atom is 0.291 e. The highest BCUT2D eigenvalue weighted by Crippen LogP contribution is 2.08. The molecule has 6 heteroatoms. The van der Waals surface area contributed by atoms with Gasteiger partial charge in [0, 0.05) is 0 Å². The summed E-state index contributed by atoms with van der Waals surface area (Å²) in [6.45, 7) is 0. The molecule has 0 saturated carbocycles. The first kappa shape index (κ1) is 15.4. The van der Waals surface area contributed by atoms with Crippen molar-refractivity contribution < 1.29 is 4.39 Å². The summed E-state index contributed by atoms with van der Waals surface area (Å²) >= 11 is 1.26. The first-order chi connectivity index (χ1) is 12.2. The number of nitrogens with zero attached hydrogens (tertiary/aromatic N) is 3. The van der Waals surface area contributed by atoms with Crippen LogP contribution in [-0.2, 0) is 0 Å². The lowest BCUT2D eigenvalue weighted by Crippen LogP contribution is -2.23. The molecule has 25 heavy (non-hydrogen) atoms. The highest BCUT2D eigenvalue weighted by Gasteiger charge is 2.08. The number of fused-ring (bicyclic) bond motifs is 1. The minimum atomic E-state index is -0.308. The molecule has 4 nitrogen and oxygen atoms in total. The molecule has 0 spiro atoms. The summed E-state index contributed by atoms with van der Waals surface area (Å²) in [6.07, 6.45) is 5.38. The lowest BCUT2D eigenvalue weighted by Gasteiger charge is -1.90. The Morgan fingerprint density at radius 3 is 2.44 bits per heavy atom. The number of thiazole rings is 1. The van der Waals surface area contributed by atoms with Crippen molar-refractivity contribution in [1.82, 2.24) is 14.6 Å². The van der Waals surface area contributed by atoms with Gasteiger partial charge in [0.15, 0.2) is 5.82 Å². The van der Waals surface area contributed by atoms with Crippen LogP contribution < -0.4 is 10.1 Å². The van der Waals surface area contributed by atoms with Gasteiger partial charge in [0.2, 0.25) is 4.96 Å². The summed E-state index contributed by atoms with van der Waals surface area (Å²) in [5, 5.41) is 4.24. The summed E-state index contributed by atoms with van der Waals surface area (Å²) in [5.74, 6) is 0.178. The van der Waals surface area contributed by atoms with Crippen LogP contribution in [0.15, 0.2) is 59.4 Å². The van der Waals surface area contributed by atoms with Gasteiger partial charge < -0.3 is 0 Å². The average molecular weight is 349 g/mol. The Bertz CT molecular complexity index is 1160. The van der Waals surface area contributed by atoms with Gasteiger partial charge in [0.1, 0.15) is 5.82 Å². The summed E-state index contributed by atoms with van der Waals surface area (Å²) in [6, 6.07) is 15.8. The largest absolute Gasteiger partial charge is 0.291 e. The standard InChI is InChI=1S/C19H12FN3OS/c20-15-9-6-14(7-10-15)12-16-18(24)23-19(25-16)21-17(22-23)11-8-13-4-2-1-3-5-13/h1-12H/b11-8+,16-12+. The van der Waals surface area contributed by atoms with Crippen LogP contribution in [-0.4, -0.2) is 14.6 Å². The van der Waals surface area contributed by atoms with Gasteiger partial charge in [-0.05, 0) is 35.4 Å². The van der Waals surface area contributed by atoms with E-state index in [2.05, 4.69) is 10.1 Å². The molecule has 2 aromatic carbocycles. The Hall–Kier alpha value is -3.12. The zero-order chi connectivity index (χ0) is 17.2. The minimum Gasteiger partial charge on any atom is -0.266 e. The topological polar surface area (TPSA) is 47.3 Å². The van der Waals surface area contributed by atoms with Gasteiger partial charge in [0.05, 0.1) is 4.53 Å². The van der Waals surface area contributed by atoms with Crippen molar-refractivity contribution >= 4 is 34.5 Å². The Kier molecular flexibility index (Phi) is 3.95. The molecule has 0 bridgehead atoms. The fourth-order valence-corrected chi connectivity index (χ4v) is 3.28. The van der Waals surface area contributed by atoms with Crippen molar-refractivity contribution in [2.45, 2.75) is 0 Å². The molecule has 0 aliphatic rings. The molecule has 0 unspecified atom stereocenters. The zero-order valence-electron chi connectivity index (χ0n) is 13.0. The van der Waals surface area contributed by atoms with Crippen molar-refractivity contribution in [1.29, 1.82) is 0 Å². The molecule has 4 aromatic rings. The number of hydrogen-bond acceptors (Lipinski definition) is 4. The van der Waals surface area contributed by atoms with E-state index in [0.717, 1.165) is 11.1 Å². The summed E-state index contributed by atoms with van der Waals surface area (Å²) in [5.41, 5.74) is 1.57. The molecular formula is C19H12FN3OS. The molecule has 0 fully saturated rings. The maximum atomic E-state index is 13.0. The number of benzene rings is 2. The minimum absolute atomic E-state index is 0.226. The first-order valence-corrected chi connectivity index (χ1v) is 8.41. The first-order valence-electron chi connectivity index (χ1n) is 7.59. The third-order valence-corrected chi connectivity index (χ3v) is 4.55. The fraction of sp³-hybridized carbons (Fsp3) is 0. The van der Waals surface area contributed by atoms with Gasteiger partial charge in [-0.1, -0.05) is 59.9 Å². The van der Waals surface area contributed by atoms with E-state index in [1.165, 1.54) is 28.0 Å². The lowest BCUT2D eigenvalue weighted by molar-refractivity contribution is 0.628. The quantitative estimate of drug-likeness (QED) is 0.571. The molecule has 0 saturated heterocycles. The van der Waals surface area contributed by atoms with Crippen LogP contribution >= 0.6 is 11.3 Å². The van der Waals surface area contributed by atoms with Crippen LogP contribution in [0.25, 0.3) is 23.2 Å². The van der Waals surface area contributed by atoms with Crippen molar-refractivity contribution in [3.63, 3.8) is 0 Å². The zero-order valence-corrected chi connectivity index (χ0v) is 13.8. The highest BCUT2D eigenvalue weighted by molar-refractivity contribution is 7.15. The van der Waals surface area contributed by atoms with Gasteiger partial charge in [-0.25, -0.2) is 4.39 Å². The van der Waals surface area contributed by atoms with E-state index in [0.29, 0.717) is 15.3 Å². The van der Waals surface area contributed by atoms with Crippen LogP contribution in [0, 0.1) is 5.82 Å². The van der Waals surface area contributed by atoms with E-state index in [1.54, 1.807) is 24.3 Å². The smallest absolute Gasteiger partial charge is 0.266 e. The summed E-state index contributed by atoms with van der Waals surface area (Å²) in [4.78, 5) is 17.3. The molecule has 4 rings (SSSR count). The molecule has 0 radical (unpaired) electrons. The van der Waals surface area contributed by atoms with Crippen molar-refractivity contribution in [3.05, 3.63) is 92.3 Å². The Morgan fingerprint density at radius 2 is 1.72 bits per heavy atom. The van der Waals surface area contributed by atoms with Gasteiger partial charge >= 0.3 is 0 Å². The van der Waals surface area contributed by atoms with Gasteiger partial charge in [-0.2, -0.15) is 9.50 Å². The number of aromatic nitrogens is 3. The maximum absolute atomic E-state index is 13.0. The molecule has 2 aromatic heterocycles. The summed E-state index contributed by atoms with van der Waals surface area (Å²) < 4.78 is 14.8. The van der Waals surface area contributed by atoms with Crippen LogP contribution in [0.3, 0.4) is 0 Å². The molecule has 2 heterocycles. The van der Waals surface area contributed by atoms with Crippen LogP contribution in [0.1, 0.15) is 17.0 Å². The Labute approximate surface area is 146 Å². The third kappa shape index (κ3) is 3.25. The molecule has 0 aliphatic heterocycles. The third-order valence-electron chi connectivity index (χ3n) is 3.59. The molecule has 0 aliphatic carbocycles. The fourth-order valence-electron chi connectivity index (χ4n) is 2.36. The van der Waals surface area contributed by atoms with E-state index < -0.39 is 0 Å². The normalized spacial score (nSPS) is 12.4. The SMILES string of the molecule is O=c1/c(=C\c2ccc(F)cc2)sc2nc(/C=C/c3ccccc3)nn12. The van der Waals surface area contributed by atoms with E-state index in [1.807, 2.05) is 36.4 Å². The van der Waals surface area contributed by atoms with Crippen molar-refractivity contribution in [2.75, 3.05) is 0 Å². The second-order valence-electron chi connectivity index (χ2n) is 5.38. The number of halogens is 1. The van der Waals surface area contributed by atoms with Gasteiger partial charge in [-0.15, -0.1) is 5.10 Å². The van der Waals surface area contributed by atoms with Crippen LogP contribution in [0.4, 0.5) is 4.39 Å². The average Bonchev–Trinajstić information content (AvgIpc) is 3.15. The lowest BCUT2D eigenvalue weighted by atomic mass is 10.2. The monoisotopic (exact) mass is 349 g/mol. The van der Waals surface area contributed by atoms with Crippen molar-refractivity contribution in [2.24, 2.45) is 0 Å². The Balaban J connectivity index is 1.68.